The van der Waals surface area contributed by atoms with E-state index in [1.54, 1.807) is 6.07 Å². The number of benzene rings is 1. The summed E-state index contributed by atoms with van der Waals surface area (Å²) in [5.74, 6) is -0.210. The Labute approximate surface area is 128 Å². The number of halogens is 1. The van der Waals surface area contributed by atoms with Crippen molar-refractivity contribution >= 4 is 27.3 Å². The second kappa shape index (κ2) is 5.73. The lowest BCUT2D eigenvalue weighted by Crippen LogP contribution is -2.54. The lowest BCUT2D eigenvalue weighted by atomic mass is 9.88. The summed E-state index contributed by atoms with van der Waals surface area (Å²) >= 11 is 1.38. The van der Waals surface area contributed by atoms with Crippen LogP contribution < -0.4 is 11.1 Å². The molecular formula is C16H21FN2OS. The second-order valence-corrected chi connectivity index (χ2v) is 6.98. The van der Waals surface area contributed by atoms with E-state index in [9.17, 15) is 9.18 Å². The normalized spacial score (nSPS) is 14.4. The third-order valence-corrected chi connectivity index (χ3v) is 5.47. The quantitative estimate of drug-likeness (QED) is 0.909. The first kappa shape index (κ1) is 15.9. The highest BCUT2D eigenvalue weighted by Crippen LogP contribution is 2.31. The maximum atomic E-state index is 13.3. The van der Waals surface area contributed by atoms with Crippen molar-refractivity contribution in [2.24, 2.45) is 11.7 Å². The number of nitrogens with one attached hydrogen (secondary N) is 1. The van der Waals surface area contributed by atoms with Gasteiger partial charge in [0.25, 0.3) is 5.91 Å². The summed E-state index contributed by atoms with van der Waals surface area (Å²) in [7, 11) is 0. The first-order chi connectivity index (χ1) is 9.78. The molecule has 0 aliphatic carbocycles. The number of carbonyl (C=O) groups excluding carboxylic acids is 1. The number of thiophene rings is 1. The average molecular weight is 308 g/mol. The van der Waals surface area contributed by atoms with Gasteiger partial charge in [-0.2, -0.15) is 0 Å². The Kier molecular flexibility index (Phi) is 4.35. The molecule has 0 fully saturated rings. The summed E-state index contributed by atoms with van der Waals surface area (Å²) in [4.78, 5) is 13.2. The molecule has 2 aromatic rings. The molecule has 114 valence electrons. The summed E-state index contributed by atoms with van der Waals surface area (Å²) in [5.41, 5.74) is 6.17. The number of carbonyl (C=O) groups is 1. The van der Waals surface area contributed by atoms with Crippen LogP contribution in [-0.2, 0) is 0 Å². The summed E-state index contributed by atoms with van der Waals surface area (Å²) in [5, 5.41) is 3.82. The molecule has 0 saturated carbocycles. The van der Waals surface area contributed by atoms with Gasteiger partial charge in [0.1, 0.15) is 5.82 Å². The molecule has 1 aromatic heterocycles. The number of fused-ring (bicyclic) bond motifs is 1. The zero-order chi connectivity index (χ0) is 15.8. The molecule has 3 nitrogen and oxygen atoms in total. The number of hydrogen-bond acceptors (Lipinski definition) is 3. The van der Waals surface area contributed by atoms with Gasteiger partial charge in [-0.25, -0.2) is 4.39 Å². The molecular weight excluding hydrogens is 287 g/mol. The number of nitrogens with two attached hydrogens (primary N) is 1. The molecule has 1 heterocycles. The second-order valence-electron chi connectivity index (χ2n) is 5.93. The lowest BCUT2D eigenvalue weighted by Gasteiger charge is -2.33. The van der Waals surface area contributed by atoms with Crippen LogP contribution in [0.3, 0.4) is 0 Å². The van der Waals surface area contributed by atoms with Crippen molar-refractivity contribution in [3.63, 3.8) is 0 Å². The van der Waals surface area contributed by atoms with Gasteiger partial charge in [-0.3, -0.25) is 4.79 Å². The van der Waals surface area contributed by atoms with E-state index in [2.05, 4.69) is 5.32 Å². The fraction of sp³-hybridized carbons (Fsp3) is 0.438. The molecule has 1 atom stereocenters. The molecule has 1 aromatic carbocycles. The molecule has 3 N–H and O–H groups in total. The monoisotopic (exact) mass is 308 g/mol. The third kappa shape index (κ3) is 2.94. The minimum atomic E-state index is -0.453. The molecule has 2 rings (SSSR count). The van der Waals surface area contributed by atoms with Gasteiger partial charge >= 0.3 is 0 Å². The van der Waals surface area contributed by atoms with Gasteiger partial charge in [-0.1, -0.05) is 13.8 Å². The first-order valence-corrected chi connectivity index (χ1v) is 7.81. The summed E-state index contributed by atoms with van der Waals surface area (Å²) < 4.78 is 14.3. The molecule has 21 heavy (non-hydrogen) atoms. The molecule has 1 unspecified atom stereocenters. The van der Waals surface area contributed by atoms with Crippen molar-refractivity contribution in [3.05, 3.63) is 34.5 Å². The summed E-state index contributed by atoms with van der Waals surface area (Å²) in [6.45, 7) is 8.22. The number of amides is 1. The van der Waals surface area contributed by atoms with Crippen LogP contribution >= 0.6 is 11.3 Å². The van der Waals surface area contributed by atoms with Crippen LogP contribution in [-0.4, -0.2) is 18.0 Å². The number of aryl methyl sites for hydroxylation is 1. The van der Waals surface area contributed by atoms with Crippen molar-refractivity contribution in [3.8, 4) is 0 Å². The zero-order valence-corrected chi connectivity index (χ0v) is 13.6. The van der Waals surface area contributed by atoms with Crippen LogP contribution in [0.2, 0.25) is 0 Å². The average Bonchev–Trinajstić information content (AvgIpc) is 2.75. The smallest absolute Gasteiger partial charge is 0.262 e. The van der Waals surface area contributed by atoms with E-state index in [0.717, 1.165) is 15.6 Å². The first-order valence-electron chi connectivity index (χ1n) is 6.99. The van der Waals surface area contributed by atoms with Gasteiger partial charge in [0.2, 0.25) is 0 Å². The van der Waals surface area contributed by atoms with Crippen molar-refractivity contribution in [2.75, 3.05) is 6.54 Å². The summed E-state index contributed by atoms with van der Waals surface area (Å²) in [6, 6.07) is 4.60. The molecule has 0 saturated heterocycles. The van der Waals surface area contributed by atoms with Gasteiger partial charge in [0.05, 0.1) is 10.4 Å². The zero-order valence-electron chi connectivity index (χ0n) is 12.8. The Morgan fingerprint density at radius 3 is 2.71 bits per heavy atom. The van der Waals surface area contributed by atoms with E-state index >= 15 is 0 Å². The van der Waals surface area contributed by atoms with Gasteiger partial charge < -0.3 is 11.1 Å². The standard InChI is InChI=1S/C16H21FN2OS/c1-9(2)16(4,8-18)19-15(20)14-10(3)12-7-11(17)5-6-13(12)21-14/h5-7,9H,8,18H2,1-4H3,(H,19,20). The van der Waals surface area contributed by atoms with Crippen LogP contribution in [0.5, 0.6) is 0 Å². The molecule has 5 heteroatoms. The highest BCUT2D eigenvalue weighted by atomic mass is 32.1. The van der Waals surface area contributed by atoms with Gasteiger partial charge in [0, 0.05) is 11.2 Å². The topological polar surface area (TPSA) is 55.1 Å². The number of hydrogen-bond donors (Lipinski definition) is 2. The minimum Gasteiger partial charge on any atom is -0.345 e. The van der Waals surface area contributed by atoms with E-state index in [-0.39, 0.29) is 17.6 Å². The van der Waals surface area contributed by atoms with E-state index in [1.807, 2.05) is 27.7 Å². The van der Waals surface area contributed by atoms with Gasteiger partial charge in [-0.15, -0.1) is 11.3 Å². The molecule has 1 amide bonds. The van der Waals surface area contributed by atoms with Gasteiger partial charge in [0.15, 0.2) is 0 Å². The largest absolute Gasteiger partial charge is 0.345 e. The van der Waals surface area contributed by atoms with E-state index < -0.39 is 5.54 Å². The minimum absolute atomic E-state index is 0.143. The predicted molar refractivity (Wildman–Crippen MR) is 86.3 cm³/mol. The Morgan fingerprint density at radius 2 is 2.14 bits per heavy atom. The van der Waals surface area contributed by atoms with Crippen LogP contribution in [0.25, 0.3) is 10.1 Å². The maximum Gasteiger partial charge on any atom is 0.262 e. The highest BCUT2D eigenvalue weighted by molar-refractivity contribution is 7.21. The highest BCUT2D eigenvalue weighted by Gasteiger charge is 2.30. The van der Waals surface area contributed by atoms with Crippen molar-refractivity contribution in [1.29, 1.82) is 0 Å². The molecule has 0 radical (unpaired) electrons. The molecule has 0 bridgehead atoms. The van der Waals surface area contributed by atoms with Crippen LogP contribution in [0.15, 0.2) is 18.2 Å². The van der Waals surface area contributed by atoms with Crippen molar-refractivity contribution in [1.82, 2.24) is 5.32 Å². The van der Waals surface area contributed by atoms with E-state index in [1.165, 1.54) is 23.5 Å². The Bertz CT molecular complexity index is 680. The van der Waals surface area contributed by atoms with E-state index in [4.69, 9.17) is 5.73 Å². The molecule has 0 spiro atoms. The lowest BCUT2D eigenvalue weighted by molar-refractivity contribution is 0.0887. The Balaban J connectivity index is 2.38. The fourth-order valence-electron chi connectivity index (χ4n) is 2.16. The van der Waals surface area contributed by atoms with Crippen LogP contribution in [0.1, 0.15) is 36.0 Å². The van der Waals surface area contributed by atoms with Crippen LogP contribution in [0, 0.1) is 18.7 Å². The van der Waals surface area contributed by atoms with E-state index in [0.29, 0.717) is 11.4 Å². The van der Waals surface area contributed by atoms with Crippen molar-refractivity contribution in [2.45, 2.75) is 33.2 Å². The Morgan fingerprint density at radius 1 is 1.48 bits per heavy atom. The van der Waals surface area contributed by atoms with Gasteiger partial charge in [-0.05, 0) is 48.9 Å². The predicted octanol–water partition coefficient (Wildman–Crippen LogP) is 3.45. The van der Waals surface area contributed by atoms with Crippen molar-refractivity contribution < 1.29 is 9.18 Å². The molecule has 0 aliphatic heterocycles. The third-order valence-electron chi connectivity index (χ3n) is 4.20. The maximum absolute atomic E-state index is 13.3. The number of rotatable bonds is 4. The fourth-order valence-corrected chi connectivity index (χ4v) is 3.24. The molecule has 0 aliphatic rings. The Hall–Kier alpha value is -1.46. The SMILES string of the molecule is Cc1c(C(=O)NC(C)(CN)C(C)C)sc2ccc(F)cc12. The van der Waals surface area contributed by atoms with Crippen LogP contribution in [0.4, 0.5) is 4.39 Å². The summed E-state index contributed by atoms with van der Waals surface area (Å²) in [6.07, 6.45) is 0.